The molecule has 1 fully saturated rings. The van der Waals surface area contributed by atoms with Crippen LogP contribution in [0.5, 0.6) is 0 Å². The quantitative estimate of drug-likeness (QED) is 0.159. The second kappa shape index (κ2) is 15.6. The molecule has 4 aromatic rings. The second-order valence-corrected chi connectivity index (χ2v) is 14.6. The van der Waals surface area contributed by atoms with Crippen molar-refractivity contribution in [3.05, 3.63) is 126 Å². The molecule has 0 bridgehead atoms. The molecule has 7 nitrogen and oxygen atoms in total. The largest absolute Gasteiger partial charge is 0.352 e. The topological polar surface area (TPSA) is 86.8 Å². The Bertz CT molecular complexity index is 1760. The summed E-state index contributed by atoms with van der Waals surface area (Å²) >= 11 is 1.49. The minimum Gasteiger partial charge on any atom is -0.352 e. The lowest BCUT2D eigenvalue weighted by Gasteiger charge is -2.34. The Kier molecular flexibility index (Phi) is 11.4. The van der Waals surface area contributed by atoms with Gasteiger partial charge < -0.3 is 10.2 Å². The zero-order valence-electron chi connectivity index (χ0n) is 26.6. The average molecular weight is 674 g/mol. The molecular formula is C37H40FN3O4S2. The van der Waals surface area contributed by atoms with Gasteiger partial charge in [0.2, 0.25) is 11.8 Å². The molecule has 10 heteroatoms. The molecule has 0 aliphatic heterocycles. The van der Waals surface area contributed by atoms with Gasteiger partial charge in [0, 0.05) is 29.5 Å². The number of aryl methyl sites for hydroxylation is 1. The van der Waals surface area contributed by atoms with Crippen LogP contribution in [0.25, 0.3) is 0 Å². The average Bonchev–Trinajstić information content (AvgIpc) is 3.60. The van der Waals surface area contributed by atoms with Crippen LogP contribution in [0, 0.1) is 12.7 Å². The van der Waals surface area contributed by atoms with Gasteiger partial charge >= 0.3 is 0 Å². The summed E-state index contributed by atoms with van der Waals surface area (Å²) in [6.45, 7) is 1.08. The number of nitrogens with one attached hydrogen (secondary N) is 1. The number of sulfonamides is 1. The van der Waals surface area contributed by atoms with Gasteiger partial charge in [0.15, 0.2) is 0 Å². The SMILES string of the molecule is CSc1ccc(S(=O)(=O)N(CC(=O)N(Cc2ccccc2F)[C@H](Cc2ccccc2)C(=O)NC2CCCC2)c2ccc(C)cc2)cc1. The molecule has 0 aromatic heterocycles. The predicted molar refractivity (Wildman–Crippen MR) is 185 cm³/mol. The first-order valence-electron chi connectivity index (χ1n) is 15.8. The number of thioether (sulfide) groups is 1. The summed E-state index contributed by atoms with van der Waals surface area (Å²) in [4.78, 5) is 30.9. The van der Waals surface area contributed by atoms with Crippen molar-refractivity contribution in [2.45, 2.75) is 67.4 Å². The molecule has 0 spiro atoms. The van der Waals surface area contributed by atoms with E-state index in [2.05, 4.69) is 5.32 Å². The van der Waals surface area contributed by atoms with Crippen LogP contribution in [0.15, 0.2) is 113 Å². The number of benzene rings is 4. The number of carbonyl (C=O) groups excluding carboxylic acids is 2. The van der Waals surface area contributed by atoms with Crippen LogP contribution < -0.4 is 9.62 Å². The lowest BCUT2D eigenvalue weighted by atomic mass is 10.0. The summed E-state index contributed by atoms with van der Waals surface area (Å²) in [5.41, 5.74) is 2.28. The van der Waals surface area contributed by atoms with E-state index in [1.54, 1.807) is 54.6 Å². The van der Waals surface area contributed by atoms with Crippen molar-refractivity contribution in [2.24, 2.45) is 0 Å². The van der Waals surface area contributed by atoms with Crippen molar-refractivity contribution >= 4 is 39.3 Å². The molecule has 0 saturated heterocycles. The normalized spacial score (nSPS) is 14.0. The molecule has 0 unspecified atom stereocenters. The number of carbonyl (C=O) groups is 2. The Labute approximate surface area is 281 Å². The summed E-state index contributed by atoms with van der Waals surface area (Å²) in [6, 6.07) is 27.8. The summed E-state index contributed by atoms with van der Waals surface area (Å²) in [5.74, 6) is -1.49. The van der Waals surface area contributed by atoms with Gasteiger partial charge in [-0.3, -0.25) is 13.9 Å². The third-order valence-corrected chi connectivity index (χ3v) is 11.1. The van der Waals surface area contributed by atoms with E-state index in [1.165, 1.54) is 34.9 Å². The Balaban J connectivity index is 1.56. The van der Waals surface area contributed by atoms with Gasteiger partial charge in [0.1, 0.15) is 18.4 Å². The fourth-order valence-electron chi connectivity index (χ4n) is 5.85. The van der Waals surface area contributed by atoms with Gasteiger partial charge in [-0.2, -0.15) is 0 Å². The van der Waals surface area contributed by atoms with Gasteiger partial charge in [-0.1, -0.05) is 79.1 Å². The van der Waals surface area contributed by atoms with Gasteiger partial charge in [0.25, 0.3) is 10.0 Å². The van der Waals surface area contributed by atoms with Crippen molar-refractivity contribution in [1.82, 2.24) is 10.2 Å². The number of halogens is 1. The maximum absolute atomic E-state index is 15.1. The molecule has 246 valence electrons. The van der Waals surface area contributed by atoms with Crippen LogP contribution in [0.3, 0.4) is 0 Å². The highest BCUT2D eigenvalue weighted by molar-refractivity contribution is 7.98. The monoisotopic (exact) mass is 673 g/mol. The van der Waals surface area contributed by atoms with Gasteiger partial charge in [-0.25, -0.2) is 12.8 Å². The number of hydrogen-bond acceptors (Lipinski definition) is 5. The maximum Gasteiger partial charge on any atom is 0.264 e. The summed E-state index contributed by atoms with van der Waals surface area (Å²) in [7, 11) is -4.22. The van der Waals surface area contributed by atoms with Crippen LogP contribution in [-0.2, 0) is 32.6 Å². The van der Waals surface area contributed by atoms with E-state index in [-0.39, 0.29) is 35.4 Å². The molecule has 0 heterocycles. The van der Waals surface area contributed by atoms with Crippen LogP contribution in [-0.4, -0.2) is 50.0 Å². The fourth-order valence-corrected chi connectivity index (χ4v) is 7.67. The van der Waals surface area contributed by atoms with Crippen molar-refractivity contribution in [3.8, 4) is 0 Å². The van der Waals surface area contributed by atoms with Gasteiger partial charge in [-0.05, 0) is 74.0 Å². The predicted octanol–water partition coefficient (Wildman–Crippen LogP) is 6.75. The molecule has 47 heavy (non-hydrogen) atoms. The third-order valence-electron chi connectivity index (χ3n) is 8.52. The molecule has 1 atom stereocenters. The molecular weight excluding hydrogens is 634 g/mol. The molecule has 0 radical (unpaired) electrons. The smallest absolute Gasteiger partial charge is 0.264 e. The number of amides is 2. The Hall–Kier alpha value is -4.15. The maximum atomic E-state index is 15.1. The van der Waals surface area contributed by atoms with E-state index in [9.17, 15) is 18.0 Å². The molecule has 1 aliphatic carbocycles. The van der Waals surface area contributed by atoms with E-state index >= 15 is 4.39 Å². The first-order chi connectivity index (χ1) is 22.7. The zero-order chi connectivity index (χ0) is 33.4. The molecule has 1 aliphatic rings. The lowest BCUT2D eigenvalue weighted by Crippen LogP contribution is -2.54. The molecule has 5 rings (SSSR count). The fraction of sp³-hybridized carbons (Fsp3) is 0.297. The van der Waals surface area contributed by atoms with Crippen molar-refractivity contribution in [3.63, 3.8) is 0 Å². The van der Waals surface area contributed by atoms with Crippen molar-refractivity contribution < 1.29 is 22.4 Å². The van der Waals surface area contributed by atoms with Gasteiger partial charge in [0.05, 0.1) is 10.6 Å². The summed E-state index contributed by atoms with van der Waals surface area (Å²) in [5, 5.41) is 3.13. The third kappa shape index (κ3) is 8.61. The Morgan fingerprint density at radius 2 is 1.53 bits per heavy atom. The summed E-state index contributed by atoms with van der Waals surface area (Å²) in [6.07, 6.45) is 5.78. The number of nitrogens with zero attached hydrogens (tertiary/aromatic N) is 2. The van der Waals surface area contributed by atoms with Crippen molar-refractivity contribution in [2.75, 3.05) is 17.1 Å². The highest BCUT2D eigenvalue weighted by Gasteiger charge is 2.36. The minimum absolute atomic E-state index is 0.0140. The first kappa shape index (κ1) is 34.2. The molecule has 2 amide bonds. The van der Waals surface area contributed by atoms with Crippen LogP contribution in [0.2, 0.25) is 0 Å². The van der Waals surface area contributed by atoms with Crippen LogP contribution >= 0.6 is 11.8 Å². The molecule has 4 aromatic carbocycles. The molecule has 1 N–H and O–H groups in total. The van der Waals surface area contributed by atoms with E-state index in [1.807, 2.05) is 43.5 Å². The standard InChI is InChI=1S/C37H40FN3O4S2/c1-27-16-18-31(19-17-27)41(47(44,45)33-22-20-32(46-2)21-23-33)26-36(42)40(25-29-12-6-9-15-34(29)38)35(24-28-10-4-3-5-11-28)37(43)39-30-13-7-8-14-30/h3-6,9-12,15-23,30,35H,7-8,13-14,24-26H2,1-2H3,(H,39,43)/t35-/m1/s1. The van der Waals surface area contributed by atoms with E-state index in [4.69, 9.17) is 0 Å². The number of hydrogen-bond donors (Lipinski definition) is 1. The minimum atomic E-state index is -4.22. The summed E-state index contributed by atoms with van der Waals surface area (Å²) < 4.78 is 44.6. The van der Waals surface area contributed by atoms with E-state index in [0.717, 1.165) is 46.0 Å². The van der Waals surface area contributed by atoms with E-state index in [0.29, 0.717) is 5.69 Å². The highest BCUT2D eigenvalue weighted by atomic mass is 32.2. The van der Waals surface area contributed by atoms with Crippen LogP contribution in [0.1, 0.15) is 42.4 Å². The zero-order valence-corrected chi connectivity index (χ0v) is 28.3. The Morgan fingerprint density at radius 3 is 2.17 bits per heavy atom. The Morgan fingerprint density at radius 1 is 0.894 bits per heavy atom. The van der Waals surface area contributed by atoms with Gasteiger partial charge in [-0.15, -0.1) is 11.8 Å². The van der Waals surface area contributed by atoms with Crippen molar-refractivity contribution in [1.29, 1.82) is 0 Å². The second-order valence-electron chi connectivity index (χ2n) is 11.8. The lowest BCUT2D eigenvalue weighted by molar-refractivity contribution is -0.140. The highest BCUT2D eigenvalue weighted by Crippen LogP contribution is 2.27. The number of anilines is 1. The van der Waals surface area contributed by atoms with E-state index < -0.39 is 34.3 Å². The first-order valence-corrected chi connectivity index (χ1v) is 18.4. The number of rotatable bonds is 13. The van der Waals surface area contributed by atoms with Crippen LogP contribution in [0.4, 0.5) is 10.1 Å². The molecule has 1 saturated carbocycles.